The molecule has 0 unspecified atom stereocenters. The van der Waals surface area contributed by atoms with E-state index >= 15 is 0 Å². The summed E-state index contributed by atoms with van der Waals surface area (Å²) >= 11 is 1.23. The van der Waals surface area contributed by atoms with Crippen molar-refractivity contribution in [1.82, 2.24) is 19.7 Å². The smallest absolute Gasteiger partial charge is 0.267 e. The molecular formula is C27H34N6O3S. The summed E-state index contributed by atoms with van der Waals surface area (Å²) in [5.41, 5.74) is 2.11. The lowest BCUT2D eigenvalue weighted by Gasteiger charge is -2.24. The number of aryl methyl sites for hydroxylation is 1. The molecule has 0 bridgehead atoms. The normalized spacial score (nSPS) is 18.2. The van der Waals surface area contributed by atoms with Crippen LogP contribution in [0.2, 0.25) is 0 Å². The summed E-state index contributed by atoms with van der Waals surface area (Å²) in [6, 6.07) is 5.43. The second-order valence-electron chi connectivity index (χ2n) is 10.2. The van der Waals surface area contributed by atoms with Crippen molar-refractivity contribution in [1.29, 1.82) is 0 Å². The highest BCUT2D eigenvalue weighted by atomic mass is 32.1. The molecule has 0 radical (unpaired) electrons. The van der Waals surface area contributed by atoms with Gasteiger partial charge in [-0.05, 0) is 50.7 Å². The fourth-order valence-corrected chi connectivity index (χ4v) is 6.03. The number of benzene rings is 1. The van der Waals surface area contributed by atoms with E-state index in [0.717, 1.165) is 18.5 Å². The Balaban J connectivity index is 1.16. The number of carbonyl (C=O) groups is 2. The van der Waals surface area contributed by atoms with Gasteiger partial charge in [0.15, 0.2) is 10.9 Å². The molecule has 1 aromatic carbocycles. The second kappa shape index (κ2) is 10.9. The number of nitrogens with one attached hydrogen (secondary N) is 2. The molecule has 196 valence electrons. The van der Waals surface area contributed by atoms with Gasteiger partial charge in [0.05, 0.1) is 17.9 Å². The van der Waals surface area contributed by atoms with Crippen molar-refractivity contribution in [3.8, 4) is 5.75 Å². The number of anilines is 3. The van der Waals surface area contributed by atoms with Crippen molar-refractivity contribution in [3.05, 3.63) is 46.6 Å². The first-order valence-corrected chi connectivity index (χ1v) is 13.9. The highest BCUT2D eigenvalue weighted by molar-refractivity contribution is 7.17. The summed E-state index contributed by atoms with van der Waals surface area (Å²) in [5, 5.41) is 21.3. The van der Waals surface area contributed by atoms with Gasteiger partial charge in [-0.15, -0.1) is 0 Å². The van der Waals surface area contributed by atoms with Crippen LogP contribution in [0.15, 0.2) is 30.6 Å². The molecule has 10 heteroatoms. The molecule has 1 saturated carbocycles. The Morgan fingerprint density at radius 3 is 2.76 bits per heavy atom. The van der Waals surface area contributed by atoms with E-state index in [-0.39, 0.29) is 23.6 Å². The Morgan fingerprint density at radius 1 is 1.14 bits per heavy atom. The molecule has 1 saturated heterocycles. The van der Waals surface area contributed by atoms with Gasteiger partial charge in [-0.25, -0.2) is 4.98 Å². The summed E-state index contributed by atoms with van der Waals surface area (Å²) in [4.78, 5) is 32.4. The molecule has 1 aliphatic heterocycles. The number of aromatic hydroxyl groups is 1. The van der Waals surface area contributed by atoms with Crippen LogP contribution in [0.25, 0.3) is 0 Å². The van der Waals surface area contributed by atoms with Crippen LogP contribution >= 0.6 is 11.3 Å². The summed E-state index contributed by atoms with van der Waals surface area (Å²) in [5.74, 6) is 1.34. The maximum absolute atomic E-state index is 12.8. The van der Waals surface area contributed by atoms with Crippen LogP contribution < -0.4 is 10.6 Å². The van der Waals surface area contributed by atoms with Gasteiger partial charge in [0.1, 0.15) is 10.6 Å². The summed E-state index contributed by atoms with van der Waals surface area (Å²) in [7, 11) is 0. The van der Waals surface area contributed by atoms with E-state index in [1.807, 2.05) is 28.8 Å². The van der Waals surface area contributed by atoms with Gasteiger partial charge in [-0.3, -0.25) is 14.3 Å². The van der Waals surface area contributed by atoms with E-state index in [0.29, 0.717) is 46.0 Å². The molecule has 9 nitrogen and oxygen atoms in total. The lowest BCUT2D eigenvalue weighted by molar-refractivity contribution is -0.131. The number of amides is 2. The first-order chi connectivity index (χ1) is 17.9. The first-order valence-electron chi connectivity index (χ1n) is 13.0. The number of aromatic nitrogens is 3. The zero-order chi connectivity index (χ0) is 25.9. The van der Waals surface area contributed by atoms with Crippen LogP contribution in [-0.4, -0.2) is 49.7 Å². The Kier molecular flexibility index (Phi) is 7.45. The first kappa shape index (κ1) is 25.3. The van der Waals surface area contributed by atoms with Crippen LogP contribution in [0.5, 0.6) is 5.75 Å². The van der Waals surface area contributed by atoms with Gasteiger partial charge in [0.2, 0.25) is 5.91 Å². The summed E-state index contributed by atoms with van der Waals surface area (Å²) < 4.78 is 1.92. The Bertz CT molecular complexity index is 1280. The van der Waals surface area contributed by atoms with E-state index in [9.17, 15) is 14.7 Å². The molecule has 0 spiro atoms. The number of likely N-dealkylation sites (tertiary alicyclic amines) is 1. The van der Waals surface area contributed by atoms with Crippen molar-refractivity contribution in [3.63, 3.8) is 0 Å². The third kappa shape index (κ3) is 5.79. The van der Waals surface area contributed by atoms with Gasteiger partial charge >= 0.3 is 0 Å². The largest absolute Gasteiger partial charge is 0.508 e. The Hall–Kier alpha value is -3.40. The molecule has 37 heavy (non-hydrogen) atoms. The third-order valence-corrected chi connectivity index (χ3v) is 8.45. The number of nitrogens with zero attached hydrogens (tertiary/aromatic N) is 4. The number of thiazole rings is 1. The van der Waals surface area contributed by atoms with E-state index in [1.165, 1.54) is 49.6 Å². The van der Waals surface area contributed by atoms with Crippen LogP contribution in [-0.2, 0) is 4.79 Å². The molecule has 3 aromatic rings. The van der Waals surface area contributed by atoms with Crippen molar-refractivity contribution < 1.29 is 14.7 Å². The molecular weight excluding hydrogens is 488 g/mol. The lowest BCUT2D eigenvalue weighted by Crippen LogP contribution is -2.31. The number of hydrogen-bond donors (Lipinski definition) is 3. The topological polar surface area (TPSA) is 112 Å². The van der Waals surface area contributed by atoms with Crippen molar-refractivity contribution in [2.24, 2.45) is 5.92 Å². The van der Waals surface area contributed by atoms with Gasteiger partial charge in [-0.2, -0.15) is 5.10 Å². The fraction of sp³-hybridized carbons (Fsp3) is 0.481. The highest BCUT2D eigenvalue weighted by Crippen LogP contribution is 2.31. The second-order valence-corrected chi connectivity index (χ2v) is 11.2. The van der Waals surface area contributed by atoms with E-state index < -0.39 is 0 Å². The quantitative estimate of drug-likeness (QED) is 0.383. The average Bonchev–Trinajstić information content (AvgIpc) is 3.66. The molecule has 1 atom stereocenters. The van der Waals surface area contributed by atoms with Gasteiger partial charge in [-0.1, -0.05) is 36.7 Å². The van der Waals surface area contributed by atoms with Gasteiger partial charge < -0.3 is 20.6 Å². The molecule has 1 aliphatic carbocycles. The number of carbonyl (C=O) groups excluding carboxylic acids is 2. The van der Waals surface area contributed by atoms with Crippen molar-refractivity contribution >= 4 is 39.8 Å². The summed E-state index contributed by atoms with van der Waals surface area (Å²) in [6.45, 7) is 5.13. The number of phenols is 1. The predicted molar refractivity (Wildman–Crippen MR) is 145 cm³/mol. The predicted octanol–water partition coefficient (Wildman–Crippen LogP) is 5.40. The molecule has 5 rings (SSSR count). The fourth-order valence-electron chi connectivity index (χ4n) is 5.31. The minimum Gasteiger partial charge on any atom is -0.508 e. The van der Waals surface area contributed by atoms with Crippen LogP contribution in [0, 0.1) is 19.8 Å². The Labute approximate surface area is 220 Å². The zero-order valence-corrected chi connectivity index (χ0v) is 22.2. The maximum atomic E-state index is 12.8. The molecule has 2 aromatic heterocycles. The SMILES string of the molecule is Cc1ccc(O)c(C)c1NC(=O)c1cnc(Nc2ccn([C@@H]3CCN(C(=O)CC4CCCCC4)C3)n2)s1. The monoisotopic (exact) mass is 522 g/mol. The molecule has 3 N–H and O–H groups in total. The highest BCUT2D eigenvalue weighted by Gasteiger charge is 2.29. The maximum Gasteiger partial charge on any atom is 0.267 e. The van der Waals surface area contributed by atoms with Crippen molar-refractivity contribution in [2.45, 2.75) is 64.8 Å². The minimum atomic E-state index is -0.281. The number of rotatable bonds is 7. The van der Waals surface area contributed by atoms with E-state index in [4.69, 9.17) is 0 Å². The molecule has 3 heterocycles. The number of phenolic OH excluding ortho intramolecular Hbond substituents is 1. The van der Waals surface area contributed by atoms with E-state index in [1.54, 1.807) is 19.1 Å². The van der Waals surface area contributed by atoms with Crippen LogP contribution in [0.1, 0.15) is 71.8 Å². The average molecular weight is 523 g/mol. The number of hydrogen-bond acceptors (Lipinski definition) is 7. The van der Waals surface area contributed by atoms with Crippen LogP contribution in [0.4, 0.5) is 16.6 Å². The standard InChI is InChI=1S/C27H34N6O3S/c1-17-8-9-21(34)18(2)25(17)30-26(36)22-15-28-27(37-22)29-23-11-13-33(31-23)20-10-12-32(16-20)24(35)14-19-6-4-3-5-7-19/h8-9,11,13,15,19-20,34H,3-7,10,12,14,16H2,1-2H3,(H,30,36)(H,28,29,31)/t20-/m1/s1. The van der Waals surface area contributed by atoms with Gasteiger partial charge in [0.25, 0.3) is 5.91 Å². The lowest BCUT2D eigenvalue weighted by atomic mass is 9.87. The van der Waals surface area contributed by atoms with Crippen LogP contribution in [0.3, 0.4) is 0 Å². The Morgan fingerprint density at radius 2 is 1.95 bits per heavy atom. The molecule has 2 amide bonds. The minimum absolute atomic E-state index is 0.141. The van der Waals surface area contributed by atoms with Gasteiger partial charge in [0, 0.05) is 37.3 Å². The third-order valence-electron chi connectivity index (χ3n) is 7.53. The molecule has 2 fully saturated rings. The molecule has 2 aliphatic rings. The summed E-state index contributed by atoms with van der Waals surface area (Å²) in [6.07, 6.45) is 11.2. The zero-order valence-electron chi connectivity index (χ0n) is 21.4. The van der Waals surface area contributed by atoms with Crippen molar-refractivity contribution in [2.75, 3.05) is 23.7 Å². The van der Waals surface area contributed by atoms with E-state index in [2.05, 4.69) is 20.7 Å².